The molecule has 106 valence electrons. The molecule has 0 atom stereocenters. The second-order valence-corrected chi connectivity index (χ2v) is 4.96. The molecule has 0 spiro atoms. The molecule has 0 saturated heterocycles. The van der Waals surface area contributed by atoms with Gasteiger partial charge in [-0.05, 0) is 29.3 Å². The van der Waals surface area contributed by atoms with Gasteiger partial charge in [-0.3, -0.25) is 4.79 Å². The minimum absolute atomic E-state index is 0.0291. The highest BCUT2D eigenvalue weighted by Gasteiger charge is 2.12. The van der Waals surface area contributed by atoms with Gasteiger partial charge in [-0.15, -0.1) is 0 Å². The number of aromatic nitrogens is 2. The van der Waals surface area contributed by atoms with Crippen LogP contribution in [-0.4, -0.2) is 42.6 Å². The summed E-state index contributed by atoms with van der Waals surface area (Å²) in [7, 11) is 1.83. The van der Waals surface area contributed by atoms with Gasteiger partial charge in [0, 0.05) is 26.3 Å². The first-order valence-corrected chi connectivity index (χ1v) is 7.12. The first kappa shape index (κ1) is 15.7. The molecule has 0 saturated carbocycles. The Morgan fingerprint density at radius 3 is 2.84 bits per heavy atom. The quantitative estimate of drug-likeness (QED) is 0.795. The van der Waals surface area contributed by atoms with Crippen LogP contribution in [0, 0.1) is 0 Å². The van der Waals surface area contributed by atoms with E-state index in [4.69, 9.17) is 0 Å². The number of rotatable bonds is 7. The molecule has 1 aromatic heterocycles. The maximum absolute atomic E-state index is 11.6. The SMILES string of the molecule is CCCNc1ncc(Br)c(N(C)CC(=O)NCC)n1. The molecule has 1 heterocycles. The molecule has 0 aliphatic heterocycles. The molecular formula is C12H20BrN5O. The van der Waals surface area contributed by atoms with Gasteiger partial charge in [-0.2, -0.15) is 4.98 Å². The van der Waals surface area contributed by atoms with Crippen LogP contribution in [0.5, 0.6) is 0 Å². The van der Waals surface area contributed by atoms with Crippen LogP contribution in [0.3, 0.4) is 0 Å². The average molecular weight is 330 g/mol. The van der Waals surface area contributed by atoms with Crippen LogP contribution in [0.1, 0.15) is 20.3 Å². The predicted octanol–water partition coefficient (Wildman–Crippen LogP) is 1.63. The standard InChI is InChI=1S/C12H20BrN5O/c1-4-6-15-12-16-7-9(13)11(17-12)18(3)8-10(19)14-5-2/h7H,4-6,8H2,1-3H3,(H,14,19)(H,15,16,17). The smallest absolute Gasteiger partial charge is 0.239 e. The molecule has 19 heavy (non-hydrogen) atoms. The first-order valence-electron chi connectivity index (χ1n) is 6.32. The first-order chi connectivity index (χ1) is 9.08. The lowest BCUT2D eigenvalue weighted by Crippen LogP contribution is -2.35. The molecule has 2 N–H and O–H groups in total. The van der Waals surface area contributed by atoms with Gasteiger partial charge in [0.25, 0.3) is 0 Å². The lowest BCUT2D eigenvalue weighted by molar-refractivity contribution is -0.119. The van der Waals surface area contributed by atoms with Crippen molar-refractivity contribution < 1.29 is 4.79 Å². The third kappa shape index (κ3) is 5.02. The van der Waals surface area contributed by atoms with E-state index in [2.05, 4.69) is 43.5 Å². The van der Waals surface area contributed by atoms with Crippen LogP contribution < -0.4 is 15.5 Å². The van der Waals surface area contributed by atoms with Crippen molar-refractivity contribution in [3.63, 3.8) is 0 Å². The Bertz CT molecular complexity index is 427. The zero-order valence-electron chi connectivity index (χ0n) is 11.5. The van der Waals surface area contributed by atoms with Crippen LogP contribution >= 0.6 is 15.9 Å². The molecule has 0 unspecified atom stereocenters. The number of nitrogens with one attached hydrogen (secondary N) is 2. The van der Waals surface area contributed by atoms with E-state index in [1.807, 2.05) is 14.0 Å². The van der Waals surface area contributed by atoms with Crippen molar-refractivity contribution in [1.29, 1.82) is 0 Å². The third-order valence-electron chi connectivity index (χ3n) is 2.38. The maximum Gasteiger partial charge on any atom is 0.239 e. The van der Waals surface area contributed by atoms with Gasteiger partial charge in [0.1, 0.15) is 5.82 Å². The van der Waals surface area contributed by atoms with E-state index in [9.17, 15) is 4.79 Å². The van der Waals surface area contributed by atoms with Crippen molar-refractivity contribution >= 4 is 33.6 Å². The van der Waals surface area contributed by atoms with E-state index in [0.717, 1.165) is 17.4 Å². The number of amides is 1. The van der Waals surface area contributed by atoms with Crippen LogP contribution in [0.15, 0.2) is 10.7 Å². The summed E-state index contributed by atoms with van der Waals surface area (Å²) in [4.78, 5) is 21.9. The lowest BCUT2D eigenvalue weighted by Gasteiger charge is -2.19. The summed E-state index contributed by atoms with van der Waals surface area (Å²) >= 11 is 3.40. The second kappa shape index (κ2) is 7.93. The Morgan fingerprint density at radius 1 is 1.47 bits per heavy atom. The van der Waals surface area contributed by atoms with Gasteiger partial charge in [0.2, 0.25) is 11.9 Å². The number of anilines is 2. The summed E-state index contributed by atoms with van der Waals surface area (Å²) in [5.74, 6) is 1.24. The predicted molar refractivity (Wildman–Crippen MR) is 80.5 cm³/mol. The Balaban J connectivity index is 2.76. The Morgan fingerprint density at radius 2 is 2.21 bits per heavy atom. The topological polar surface area (TPSA) is 70.2 Å². The van der Waals surface area contributed by atoms with E-state index in [-0.39, 0.29) is 12.5 Å². The highest BCUT2D eigenvalue weighted by molar-refractivity contribution is 9.10. The van der Waals surface area contributed by atoms with Crippen LogP contribution in [-0.2, 0) is 4.79 Å². The lowest BCUT2D eigenvalue weighted by atomic mass is 10.4. The van der Waals surface area contributed by atoms with Crippen molar-refractivity contribution in [3.05, 3.63) is 10.7 Å². The number of nitrogens with zero attached hydrogens (tertiary/aromatic N) is 3. The summed E-state index contributed by atoms with van der Waals surface area (Å²) in [5.41, 5.74) is 0. The fourth-order valence-electron chi connectivity index (χ4n) is 1.49. The fraction of sp³-hybridized carbons (Fsp3) is 0.583. The Labute approximate surface area is 122 Å². The average Bonchev–Trinajstić information content (AvgIpc) is 2.37. The number of carbonyl (C=O) groups is 1. The molecular weight excluding hydrogens is 310 g/mol. The minimum atomic E-state index is -0.0291. The summed E-state index contributed by atoms with van der Waals surface area (Å²) in [6.07, 6.45) is 2.69. The van der Waals surface area contributed by atoms with Crippen LogP contribution in [0.2, 0.25) is 0 Å². The zero-order valence-corrected chi connectivity index (χ0v) is 13.1. The molecule has 1 amide bonds. The summed E-state index contributed by atoms with van der Waals surface area (Å²) in [5, 5.41) is 5.88. The number of hydrogen-bond donors (Lipinski definition) is 2. The normalized spacial score (nSPS) is 10.1. The van der Waals surface area contributed by atoms with Crippen molar-refractivity contribution in [2.75, 3.05) is 36.9 Å². The number of halogens is 1. The summed E-state index contributed by atoms with van der Waals surface area (Å²) < 4.78 is 0.765. The van der Waals surface area contributed by atoms with Crippen molar-refractivity contribution in [1.82, 2.24) is 15.3 Å². The number of hydrogen-bond acceptors (Lipinski definition) is 5. The fourth-order valence-corrected chi connectivity index (χ4v) is 1.98. The van der Waals surface area contributed by atoms with Crippen molar-refractivity contribution in [2.24, 2.45) is 0 Å². The molecule has 0 aliphatic carbocycles. The largest absolute Gasteiger partial charge is 0.355 e. The van der Waals surface area contributed by atoms with E-state index >= 15 is 0 Å². The molecule has 0 aromatic carbocycles. The second-order valence-electron chi connectivity index (χ2n) is 4.10. The molecule has 6 nitrogen and oxygen atoms in total. The van der Waals surface area contributed by atoms with Gasteiger partial charge in [0.15, 0.2) is 0 Å². The van der Waals surface area contributed by atoms with Gasteiger partial charge in [-0.1, -0.05) is 6.92 Å². The highest BCUT2D eigenvalue weighted by atomic mass is 79.9. The summed E-state index contributed by atoms with van der Waals surface area (Å²) in [6, 6.07) is 0. The minimum Gasteiger partial charge on any atom is -0.355 e. The Kier molecular flexibility index (Phi) is 6.55. The highest BCUT2D eigenvalue weighted by Crippen LogP contribution is 2.23. The van der Waals surface area contributed by atoms with Gasteiger partial charge < -0.3 is 15.5 Å². The number of likely N-dealkylation sites (N-methyl/N-ethyl adjacent to an activating group) is 2. The summed E-state index contributed by atoms with van der Waals surface area (Å²) in [6.45, 7) is 5.68. The monoisotopic (exact) mass is 329 g/mol. The molecule has 0 aliphatic rings. The van der Waals surface area contributed by atoms with Crippen molar-refractivity contribution in [2.45, 2.75) is 20.3 Å². The van der Waals surface area contributed by atoms with E-state index in [0.29, 0.717) is 18.3 Å². The molecule has 0 radical (unpaired) electrons. The maximum atomic E-state index is 11.6. The third-order valence-corrected chi connectivity index (χ3v) is 2.93. The van der Waals surface area contributed by atoms with Gasteiger partial charge in [-0.25, -0.2) is 4.98 Å². The molecule has 7 heteroatoms. The molecule has 1 rings (SSSR count). The Hall–Kier alpha value is -1.37. The van der Waals surface area contributed by atoms with Gasteiger partial charge >= 0.3 is 0 Å². The molecule has 0 fully saturated rings. The van der Waals surface area contributed by atoms with E-state index < -0.39 is 0 Å². The van der Waals surface area contributed by atoms with E-state index in [1.165, 1.54) is 0 Å². The molecule has 0 bridgehead atoms. The van der Waals surface area contributed by atoms with Crippen LogP contribution in [0.4, 0.5) is 11.8 Å². The van der Waals surface area contributed by atoms with E-state index in [1.54, 1.807) is 11.1 Å². The number of carbonyl (C=O) groups excluding carboxylic acids is 1. The molecule has 1 aromatic rings. The van der Waals surface area contributed by atoms with Crippen LogP contribution in [0.25, 0.3) is 0 Å². The van der Waals surface area contributed by atoms with Gasteiger partial charge in [0.05, 0.1) is 11.0 Å². The van der Waals surface area contributed by atoms with Crippen molar-refractivity contribution in [3.8, 4) is 0 Å². The zero-order chi connectivity index (χ0) is 14.3.